The normalized spacial score (nSPS) is 14.9. The minimum absolute atomic E-state index is 0.00463. The van der Waals surface area contributed by atoms with E-state index in [9.17, 15) is 13.6 Å². The highest BCUT2D eigenvalue weighted by Gasteiger charge is 2.27. The Morgan fingerprint density at radius 1 is 1.30 bits per heavy atom. The molecule has 6 nitrogen and oxygen atoms in total. The Kier molecular flexibility index (Phi) is 4.47. The molecule has 1 amide bonds. The van der Waals surface area contributed by atoms with Crippen molar-refractivity contribution in [2.75, 3.05) is 6.54 Å². The third-order valence-corrected chi connectivity index (χ3v) is 4.64. The number of halogens is 2. The zero-order valence-electron chi connectivity index (χ0n) is 14.7. The highest BCUT2D eigenvalue weighted by molar-refractivity contribution is 5.76. The average molecular weight is 372 g/mol. The fourth-order valence-corrected chi connectivity index (χ4v) is 3.23. The third-order valence-electron chi connectivity index (χ3n) is 4.64. The van der Waals surface area contributed by atoms with Gasteiger partial charge in [-0.05, 0) is 25.1 Å². The zero-order chi connectivity index (χ0) is 19.0. The van der Waals surface area contributed by atoms with E-state index < -0.39 is 11.6 Å². The summed E-state index contributed by atoms with van der Waals surface area (Å²) in [6.07, 6.45) is 4.35. The molecule has 0 aliphatic carbocycles. The molecule has 4 rings (SSSR count). The van der Waals surface area contributed by atoms with Gasteiger partial charge in [0.05, 0.1) is 12.6 Å². The SMILES string of the molecule is CC(CC(=O)N1CCc2oc(-c3cc(F)cc(F)c3)nc2C1)n1cccn1. The lowest BCUT2D eigenvalue weighted by molar-refractivity contribution is -0.133. The molecule has 0 saturated carbocycles. The van der Waals surface area contributed by atoms with Gasteiger partial charge in [-0.3, -0.25) is 9.48 Å². The van der Waals surface area contributed by atoms with Gasteiger partial charge in [-0.2, -0.15) is 5.10 Å². The van der Waals surface area contributed by atoms with E-state index >= 15 is 0 Å². The van der Waals surface area contributed by atoms with Gasteiger partial charge in [0, 0.05) is 43.4 Å². The molecule has 0 saturated heterocycles. The predicted molar refractivity (Wildman–Crippen MR) is 92.5 cm³/mol. The number of hydrogen-bond acceptors (Lipinski definition) is 4. The third kappa shape index (κ3) is 3.60. The molecule has 0 radical (unpaired) electrons. The first-order chi connectivity index (χ1) is 13.0. The molecule has 1 atom stereocenters. The Morgan fingerprint density at radius 3 is 2.78 bits per heavy atom. The first-order valence-electron chi connectivity index (χ1n) is 8.71. The summed E-state index contributed by atoms with van der Waals surface area (Å²) in [4.78, 5) is 18.7. The highest BCUT2D eigenvalue weighted by atomic mass is 19.1. The zero-order valence-corrected chi connectivity index (χ0v) is 14.7. The summed E-state index contributed by atoms with van der Waals surface area (Å²) < 4.78 is 34.3. The number of carbonyl (C=O) groups is 1. The van der Waals surface area contributed by atoms with Crippen molar-refractivity contribution in [1.29, 1.82) is 0 Å². The van der Waals surface area contributed by atoms with Crippen molar-refractivity contribution in [2.45, 2.75) is 32.4 Å². The maximum atomic E-state index is 13.4. The predicted octanol–water partition coefficient (Wildman–Crippen LogP) is 3.35. The van der Waals surface area contributed by atoms with Crippen LogP contribution in [-0.2, 0) is 17.8 Å². The van der Waals surface area contributed by atoms with Crippen LogP contribution < -0.4 is 0 Å². The van der Waals surface area contributed by atoms with E-state index in [-0.39, 0.29) is 23.4 Å². The second-order valence-corrected chi connectivity index (χ2v) is 6.65. The van der Waals surface area contributed by atoms with Crippen LogP contribution in [0.1, 0.15) is 30.8 Å². The quantitative estimate of drug-likeness (QED) is 0.705. The van der Waals surface area contributed by atoms with Crippen LogP contribution in [0.4, 0.5) is 8.78 Å². The number of oxazole rings is 1. The van der Waals surface area contributed by atoms with Crippen molar-refractivity contribution in [3.63, 3.8) is 0 Å². The Balaban J connectivity index is 1.48. The largest absolute Gasteiger partial charge is 0.441 e. The molecule has 0 bridgehead atoms. The lowest BCUT2D eigenvalue weighted by atomic mass is 10.1. The lowest BCUT2D eigenvalue weighted by Gasteiger charge is -2.26. The molecule has 1 aliphatic rings. The van der Waals surface area contributed by atoms with Gasteiger partial charge < -0.3 is 9.32 Å². The molecule has 8 heteroatoms. The van der Waals surface area contributed by atoms with E-state index in [1.807, 2.05) is 19.2 Å². The van der Waals surface area contributed by atoms with E-state index in [1.165, 1.54) is 12.1 Å². The van der Waals surface area contributed by atoms with Crippen molar-refractivity contribution in [1.82, 2.24) is 19.7 Å². The molecule has 27 heavy (non-hydrogen) atoms. The van der Waals surface area contributed by atoms with Crippen LogP contribution in [0.5, 0.6) is 0 Å². The summed E-state index contributed by atoms with van der Waals surface area (Å²) in [5, 5.41) is 4.16. The van der Waals surface area contributed by atoms with Crippen LogP contribution in [-0.4, -0.2) is 32.1 Å². The first kappa shape index (κ1) is 17.4. The monoisotopic (exact) mass is 372 g/mol. The van der Waals surface area contributed by atoms with Crippen LogP contribution in [0, 0.1) is 11.6 Å². The summed E-state index contributed by atoms with van der Waals surface area (Å²) in [5.41, 5.74) is 0.869. The molecule has 140 valence electrons. The van der Waals surface area contributed by atoms with Gasteiger partial charge in [0.25, 0.3) is 0 Å². The van der Waals surface area contributed by atoms with Crippen molar-refractivity contribution < 1.29 is 18.0 Å². The number of nitrogens with zero attached hydrogens (tertiary/aromatic N) is 4. The molecule has 0 spiro atoms. The van der Waals surface area contributed by atoms with Crippen LogP contribution in [0.2, 0.25) is 0 Å². The van der Waals surface area contributed by atoms with Crippen molar-refractivity contribution in [2.24, 2.45) is 0 Å². The second kappa shape index (κ2) is 6.94. The van der Waals surface area contributed by atoms with Gasteiger partial charge in [0.2, 0.25) is 11.8 Å². The van der Waals surface area contributed by atoms with Crippen LogP contribution in [0.15, 0.2) is 41.1 Å². The number of fused-ring (bicyclic) bond motifs is 1. The summed E-state index contributed by atoms with van der Waals surface area (Å²) in [6.45, 7) is 2.78. The van der Waals surface area contributed by atoms with Crippen molar-refractivity contribution in [3.05, 3.63) is 59.7 Å². The molecule has 1 aromatic carbocycles. The summed E-state index contributed by atoms with van der Waals surface area (Å²) in [7, 11) is 0. The number of hydrogen-bond donors (Lipinski definition) is 0. The highest BCUT2D eigenvalue weighted by Crippen LogP contribution is 2.28. The van der Waals surface area contributed by atoms with Crippen LogP contribution in [0.25, 0.3) is 11.5 Å². The summed E-state index contributed by atoms with van der Waals surface area (Å²) in [5.74, 6) is -0.558. The molecule has 1 aliphatic heterocycles. The Hall–Kier alpha value is -3.03. The first-order valence-corrected chi connectivity index (χ1v) is 8.71. The Labute approximate surface area is 154 Å². The smallest absolute Gasteiger partial charge is 0.226 e. The summed E-state index contributed by atoms with van der Waals surface area (Å²) >= 11 is 0. The molecule has 3 heterocycles. The van der Waals surface area contributed by atoms with Gasteiger partial charge in [0.1, 0.15) is 23.1 Å². The van der Waals surface area contributed by atoms with E-state index in [0.29, 0.717) is 37.4 Å². The van der Waals surface area contributed by atoms with Crippen LogP contribution in [0.3, 0.4) is 0 Å². The number of amides is 1. The van der Waals surface area contributed by atoms with Crippen molar-refractivity contribution >= 4 is 5.91 Å². The standard InChI is InChI=1S/C19H18F2N4O2/c1-12(25-5-2-4-22-25)7-18(26)24-6-3-17-16(11-24)23-19(27-17)13-8-14(20)10-15(21)9-13/h2,4-5,8-10,12H,3,6-7,11H2,1H3. The van der Waals surface area contributed by atoms with E-state index in [4.69, 9.17) is 4.42 Å². The van der Waals surface area contributed by atoms with Gasteiger partial charge in [-0.25, -0.2) is 13.8 Å². The maximum Gasteiger partial charge on any atom is 0.226 e. The van der Waals surface area contributed by atoms with Gasteiger partial charge in [-0.15, -0.1) is 0 Å². The lowest BCUT2D eigenvalue weighted by Crippen LogP contribution is -2.36. The summed E-state index contributed by atoms with van der Waals surface area (Å²) in [6, 6.07) is 4.93. The number of benzene rings is 1. The molecule has 3 aromatic rings. The molecular formula is C19H18F2N4O2. The molecule has 0 N–H and O–H groups in total. The number of carbonyl (C=O) groups excluding carboxylic acids is 1. The number of rotatable bonds is 4. The Morgan fingerprint density at radius 2 is 2.07 bits per heavy atom. The fourth-order valence-electron chi connectivity index (χ4n) is 3.23. The second-order valence-electron chi connectivity index (χ2n) is 6.65. The topological polar surface area (TPSA) is 64.2 Å². The maximum absolute atomic E-state index is 13.4. The minimum Gasteiger partial charge on any atom is -0.441 e. The van der Waals surface area contributed by atoms with E-state index in [2.05, 4.69) is 10.1 Å². The van der Waals surface area contributed by atoms with Crippen LogP contribution >= 0.6 is 0 Å². The van der Waals surface area contributed by atoms with Gasteiger partial charge >= 0.3 is 0 Å². The molecule has 0 fully saturated rings. The van der Waals surface area contributed by atoms with Gasteiger partial charge in [0.15, 0.2) is 0 Å². The average Bonchev–Trinajstić information content (AvgIpc) is 3.30. The number of aromatic nitrogens is 3. The minimum atomic E-state index is -0.689. The Bertz CT molecular complexity index is 948. The molecule has 2 aromatic heterocycles. The molecule has 1 unspecified atom stereocenters. The van der Waals surface area contributed by atoms with Crippen molar-refractivity contribution in [3.8, 4) is 11.5 Å². The van der Waals surface area contributed by atoms with Gasteiger partial charge in [-0.1, -0.05) is 0 Å². The van der Waals surface area contributed by atoms with E-state index in [0.717, 1.165) is 6.07 Å². The van der Waals surface area contributed by atoms with E-state index in [1.54, 1.807) is 15.8 Å². The fraction of sp³-hybridized carbons (Fsp3) is 0.316. The molecular weight excluding hydrogens is 354 g/mol.